The number of allylic oxidation sites excluding steroid dienone is 1. The summed E-state index contributed by atoms with van der Waals surface area (Å²) in [6.07, 6.45) is 2.29. The fraction of sp³-hybridized carbons (Fsp3) is 0.429. The summed E-state index contributed by atoms with van der Waals surface area (Å²) in [6.45, 7) is 0.621. The van der Waals surface area contributed by atoms with E-state index in [4.69, 9.17) is 55.9 Å². The number of hydrogen-bond donors (Lipinski definition) is 1. The van der Waals surface area contributed by atoms with Gasteiger partial charge >= 0.3 is 5.38 Å². The molecule has 1 aromatic rings. The quantitative estimate of drug-likeness (QED) is 0.412. The fourth-order valence-corrected chi connectivity index (χ4v) is 2.22. The lowest BCUT2D eigenvalue weighted by Gasteiger charge is -2.10. The minimum atomic E-state index is -3.57. The van der Waals surface area contributed by atoms with Crippen molar-refractivity contribution in [3.63, 3.8) is 0 Å². The lowest BCUT2D eigenvalue weighted by molar-refractivity contribution is 0.136. The zero-order valence-electron chi connectivity index (χ0n) is 11.8. The minimum Gasteiger partial charge on any atom is -0.508 e. The summed E-state index contributed by atoms with van der Waals surface area (Å²) in [4.78, 5) is 0. The van der Waals surface area contributed by atoms with Gasteiger partial charge in [-0.2, -0.15) is 8.78 Å². The number of aromatic hydroxyl groups is 1. The molecule has 1 rings (SSSR count). The van der Waals surface area contributed by atoms with Gasteiger partial charge in [0.1, 0.15) is 10.8 Å². The predicted molar refractivity (Wildman–Crippen MR) is 88.4 cm³/mol. The molecule has 1 N–H and O–H groups in total. The first-order valence-corrected chi connectivity index (χ1v) is 8.04. The SMILES string of the molecule is Oc1cc(Cl)c(OCCCCOC/C=C(\Cl)C(F)(F)Cl)c(Cl)c1. The van der Waals surface area contributed by atoms with E-state index in [0.717, 1.165) is 6.08 Å². The predicted octanol–water partition coefficient (Wildman–Crippen LogP) is 5.83. The highest BCUT2D eigenvalue weighted by Gasteiger charge is 2.29. The van der Waals surface area contributed by atoms with Crippen LogP contribution in [0.15, 0.2) is 23.2 Å². The van der Waals surface area contributed by atoms with E-state index in [0.29, 0.717) is 31.8 Å². The van der Waals surface area contributed by atoms with Crippen LogP contribution in [0.5, 0.6) is 11.5 Å². The monoisotopic (exact) mass is 408 g/mol. The molecule has 0 heterocycles. The van der Waals surface area contributed by atoms with Crippen LogP contribution in [0.1, 0.15) is 12.8 Å². The normalized spacial score (nSPS) is 12.5. The Kier molecular flexibility index (Phi) is 8.72. The highest BCUT2D eigenvalue weighted by Crippen LogP contribution is 2.36. The van der Waals surface area contributed by atoms with Crippen molar-refractivity contribution in [2.24, 2.45) is 0 Å². The summed E-state index contributed by atoms with van der Waals surface area (Å²) in [5.41, 5.74) is 0. The van der Waals surface area contributed by atoms with E-state index in [2.05, 4.69) is 0 Å². The highest BCUT2D eigenvalue weighted by atomic mass is 35.5. The van der Waals surface area contributed by atoms with Gasteiger partial charge in [0.2, 0.25) is 0 Å². The third-order valence-electron chi connectivity index (χ3n) is 2.56. The van der Waals surface area contributed by atoms with E-state index in [1.807, 2.05) is 0 Å². The lowest BCUT2D eigenvalue weighted by Crippen LogP contribution is -2.07. The number of phenols is 1. The molecule has 3 nitrogen and oxygen atoms in total. The molecule has 0 aliphatic rings. The molecular formula is C14H14Cl4F2O3. The third kappa shape index (κ3) is 7.77. The molecule has 1 aromatic carbocycles. The van der Waals surface area contributed by atoms with Gasteiger partial charge in [0.25, 0.3) is 0 Å². The second-order valence-corrected chi connectivity index (χ2v) is 6.12. The van der Waals surface area contributed by atoms with E-state index in [-0.39, 0.29) is 22.4 Å². The second kappa shape index (κ2) is 9.74. The maximum absolute atomic E-state index is 12.5. The minimum absolute atomic E-state index is 0.0463. The molecule has 0 radical (unpaired) electrons. The van der Waals surface area contributed by atoms with Crippen LogP contribution in [-0.4, -0.2) is 30.3 Å². The molecule has 0 saturated heterocycles. The summed E-state index contributed by atoms with van der Waals surface area (Å²) < 4.78 is 35.6. The van der Waals surface area contributed by atoms with Crippen molar-refractivity contribution >= 4 is 46.4 Å². The molecule has 23 heavy (non-hydrogen) atoms. The molecule has 0 aromatic heterocycles. The molecular weight excluding hydrogens is 396 g/mol. The van der Waals surface area contributed by atoms with Crippen molar-refractivity contribution in [3.8, 4) is 11.5 Å². The largest absolute Gasteiger partial charge is 0.508 e. The highest BCUT2D eigenvalue weighted by molar-refractivity contribution is 6.38. The number of benzene rings is 1. The molecule has 0 amide bonds. The maximum Gasteiger partial charge on any atom is 0.358 e. The van der Waals surface area contributed by atoms with Crippen LogP contribution in [0.4, 0.5) is 8.78 Å². The van der Waals surface area contributed by atoms with Crippen molar-refractivity contribution < 1.29 is 23.4 Å². The van der Waals surface area contributed by atoms with Gasteiger partial charge in [-0.1, -0.05) is 34.8 Å². The van der Waals surface area contributed by atoms with Crippen LogP contribution < -0.4 is 4.74 Å². The van der Waals surface area contributed by atoms with E-state index in [1.54, 1.807) is 0 Å². The van der Waals surface area contributed by atoms with Crippen molar-refractivity contribution in [1.82, 2.24) is 0 Å². The number of halogens is 6. The van der Waals surface area contributed by atoms with Gasteiger partial charge in [0.05, 0.1) is 23.3 Å². The van der Waals surface area contributed by atoms with Gasteiger partial charge in [-0.05, 0) is 30.5 Å². The summed E-state index contributed by atoms with van der Waals surface area (Å²) in [6, 6.07) is 2.66. The van der Waals surface area contributed by atoms with Crippen molar-refractivity contribution in [2.45, 2.75) is 18.2 Å². The Bertz CT molecular complexity index is 524. The molecule has 0 spiro atoms. The topological polar surface area (TPSA) is 38.7 Å². The zero-order chi connectivity index (χ0) is 17.5. The number of unbranched alkanes of at least 4 members (excludes halogenated alkanes) is 1. The number of alkyl halides is 3. The van der Waals surface area contributed by atoms with Crippen LogP contribution in [0.25, 0.3) is 0 Å². The summed E-state index contributed by atoms with van der Waals surface area (Å²) in [5.74, 6) is 0.251. The van der Waals surface area contributed by atoms with E-state index < -0.39 is 10.4 Å². The smallest absolute Gasteiger partial charge is 0.358 e. The van der Waals surface area contributed by atoms with Gasteiger partial charge in [-0.25, -0.2) is 0 Å². The summed E-state index contributed by atoms with van der Waals surface area (Å²) >= 11 is 21.8. The van der Waals surface area contributed by atoms with Crippen LogP contribution in [-0.2, 0) is 4.74 Å². The van der Waals surface area contributed by atoms with Crippen molar-refractivity contribution in [2.75, 3.05) is 19.8 Å². The van der Waals surface area contributed by atoms with Crippen LogP contribution in [0, 0.1) is 0 Å². The second-order valence-electron chi connectivity index (χ2n) is 4.42. The number of ether oxygens (including phenoxy) is 2. The Morgan fingerprint density at radius 1 is 1.17 bits per heavy atom. The van der Waals surface area contributed by atoms with E-state index >= 15 is 0 Å². The Morgan fingerprint density at radius 3 is 2.30 bits per heavy atom. The molecule has 0 saturated carbocycles. The Hall–Kier alpha value is -0.460. The average Bonchev–Trinajstić information content (AvgIpc) is 2.42. The Morgan fingerprint density at radius 2 is 1.74 bits per heavy atom. The lowest BCUT2D eigenvalue weighted by atomic mass is 10.3. The first-order valence-electron chi connectivity index (χ1n) is 6.53. The van der Waals surface area contributed by atoms with Gasteiger partial charge in [0.15, 0.2) is 5.75 Å². The maximum atomic E-state index is 12.5. The van der Waals surface area contributed by atoms with Crippen LogP contribution >= 0.6 is 46.4 Å². The molecule has 0 fully saturated rings. The van der Waals surface area contributed by atoms with E-state index in [9.17, 15) is 13.9 Å². The van der Waals surface area contributed by atoms with Crippen LogP contribution in [0.3, 0.4) is 0 Å². The van der Waals surface area contributed by atoms with Crippen molar-refractivity contribution in [1.29, 1.82) is 0 Å². The van der Waals surface area contributed by atoms with Gasteiger partial charge in [-0.15, -0.1) is 0 Å². The Balaban J connectivity index is 2.20. The van der Waals surface area contributed by atoms with Crippen molar-refractivity contribution in [3.05, 3.63) is 33.3 Å². The standard InChI is InChI=1S/C14H14Cl4F2O3/c15-10-7-9(21)8-11(16)13(10)23-5-2-1-4-22-6-3-12(17)14(18,19)20/h3,7-8,21H,1-2,4-6H2/b12-3-. The van der Waals surface area contributed by atoms with E-state index in [1.165, 1.54) is 12.1 Å². The molecule has 0 aliphatic carbocycles. The third-order valence-corrected chi connectivity index (χ3v) is 3.82. The molecule has 0 unspecified atom stereocenters. The molecule has 0 bridgehead atoms. The van der Waals surface area contributed by atoms with Gasteiger partial charge in [0, 0.05) is 18.7 Å². The molecule has 0 aliphatic heterocycles. The van der Waals surface area contributed by atoms with Gasteiger partial charge in [-0.3, -0.25) is 0 Å². The molecule has 0 atom stereocenters. The van der Waals surface area contributed by atoms with Crippen LogP contribution in [0.2, 0.25) is 10.0 Å². The average molecular weight is 410 g/mol. The Labute approximate surface area is 152 Å². The molecule has 130 valence electrons. The zero-order valence-corrected chi connectivity index (χ0v) is 14.8. The molecule has 9 heteroatoms. The number of rotatable bonds is 9. The first-order chi connectivity index (χ1) is 10.7. The number of hydrogen-bond acceptors (Lipinski definition) is 3. The van der Waals surface area contributed by atoms with Gasteiger partial charge < -0.3 is 14.6 Å². The summed E-state index contributed by atoms with van der Waals surface area (Å²) in [5, 5.41) is 5.39. The first kappa shape index (κ1) is 20.6. The fourth-order valence-electron chi connectivity index (χ4n) is 1.50. The number of phenolic OH excluding ortho intramolecular Hbond substituents is 1. The summed E-state index contributed by atoms with van der Waals surface area (Å²) in [7, 11) is 0.